The molecule has 3 rings (SSSR count). The quantitative estimate of drug-likeness (QED) is 0.696. The van der Waals surface area contributed by atoms with Gasteiger partial charge in [0.1, 0.15) is 5.69 Å². The third kappa shape index (κ3) is 1.42. The number of piperidine rings is 1. The normalized spacial score (nSPS) is 34.4. The van der Waals surface area contributed by atoms with Crippen molar-refractivity contribution in [3.05, 3.63) is 11.9 Å². The van der Waals surface area contributed by atoms with Gasteiger partial charge in [-0.1, -0.05) is 0 Å². The molecular weight excluding hydrogens is 180 g/mol. The predicted molar refractivity (Wildman–Crippen MR) is 49.4 cm³/mol. The van der Waals surface area contributed by atoms with Gasteiger partial charge >= 0.3 is 0 Å². The summed E-state index contributed by atoms with van der Waals surface area (Å²) in [4.78, 5) is 0. The zero-order chi connectivity index (χ0) is 9.38. The summed E-state index contributed by atoms with van der Waals surface area (Å²) in [5.74, 6) is 2.56. The second-order valence-electron chi connectivity index (χ2n) is 4.13. The van der Waals surface area contributed by atoms with Crippen LogP contribution in [-0.2, 0) is 11.3 Å². The van der Waals surface area contributed by atoms with E-state index in [1.54, 1.807) is 6.20 Å². The third-order valence-corrected chi connectivity index (χ3v) is 3.29. The van der Waals surface area contributed by atoms with Crippen LogP contribution >= 0.6 is 0 Å². The maximum absolute atomic E-state index is 5.59. The van der Waals surface area contributed by atoms with E-state index in [0.717, 1.165) is 30.1 Å². The number of aromatic amines is 1. The molecule has 0 amide bonds. The van der Waals surface area contributed by atoms with Gasteiger partial charge in [-0.15, -0.1) is 0 Å². The van der Waals surface area contributed by atoms with Gasteiger partial charge in [0.25, 0.3) is 0 Å². The molecule has 2 N–H and O–H groups in total. The number of H-pyrrole nitrogens is 1. The summed E-state index contributed by atoms with van der Waals surface area (Å²) in [6.07, 6.45) is 1.70. The molecule has 0 spiro atoms. The number of nitrogens with one attached hydrogen (secondary N) is 2. The van der Waals surface area contributed by atoms with Gasteiger partial charge in [0, 0.05) is 0 Å². The molecule has 2 fully saturated rings. The van der Waals surface area contributed by atoms with E-state index in [-0.39, 0.29) is 0 Å². The lowest BCUT2D eigenvalue weighted by molar-refractivity contribution is 0.101. The van der Waals surface area contributed by atoms with Crippen LogP contribution < -0.4 is 5.32 Å². The van der Waals surface area contributed by atoms with Crippen molar-refractivity contribution in [1.29, 1.82) is 0 Å². The van der Waals surface area contributed by atoms with Crippen molar-refractivity contribution in [2.24, 2.45) is 17.8 Å². The van der Waals surface area contributed by atoms with Gasteiger partial charge in [0.2, 0.25) is 0 Å². The topological polar surface area (TPSA) is 62.8 Å². The first-order valence-electron chi connectivity index (χ1n) is 5.08. The Hall–Kier alpha value is -0.940. The van der Waals surface area contributed by atoms with Crippen LogP contribution in [0.4, 0.5) is 0 Å². The number of aromatic nitrogens is 3. The lowest BCUT2D eigenvalue weighted by Crippen LogP contribution is -2.16. The van der Waals surface area contributed by atoms with Crippen molar-refractivity contribution < 1.29 is 4.74 Å². The molecule has 5 nitrogen and oxygen atoms in total. The maximum atomic E-state index is 5.59. The first kappa shape index (κ1) is 8.38. The lowest BCUT2D eigenvalue weighted by atomic mass is 10.3. The van der Waals surface area contributed by atoms with Crippen LogP contribution in [0, 0.1) is 17.8 Å². The average molecular weight is 194 g/mol. The molecule has 2 heterocycles. The Bertz CT molecular complexity index is 290. The second-order valence-corrected chi connectivity index (χ2v) is 4.13. The summed E-state index contributed by atoms with van der Waals surface area (Å²) in [6, 6.07) is 0. The maximum Gasteiger partial charge on any atom is 0.108 e. The van der Waals surface area contributed by atoms with Gasteiger partial charge < -0.3 is 10.1 Å². The Labute approximate surface area is 82.2 Å². The Balaban J connectivity index is 1.40. The van der Waals surface area contributed by atoms with Gasteiger partial charge in [0.05, 0.1) is 19.4 Å². The van der Waals surface area contributed by atoms with E-state index in [1.807, 2.05) is 0 Å². The first-order chi connectivity index (χ1) is 6.95. The second kappa shape index (κ2) is 3.33. The van der Waals surface area contributed by atoms with Crippen LogP contribution in [0.5, 0.6) is 0 Å². The highest BCUT2D eigenvalue weighted by atomic mass is 16.5. The summed E-state index contributed by atoms with van der Waals surface area (Å²) in [5.41, 5.74) is 0.883. The van der Waals surface area contributed by atoms with Gasteiger partial charge in [-0.25, -0.2) is 0 Å². The van der Waals surface area contributed by atoms with E-state index < -0.39 is 0 Å². The molecule has 1 saturated heterocycles. The highest BCUT2D eigenvalue weighted by molar-refractivity contribution is 5.03. The highest BCUT2D eigenvalue weighted by Gasteiger charge is 2.52. The van der Waals surface area contributed by atoms with Crippen LogP contribution in [0.2, 0.25) is 0 Å². The van der Waals surface area contributed by atoms with Crippen LogP contribution in [0.1, 0.15) is 5.69 Å². The first-order valence-corrected chi connectivity index (χ1v) is 5.08. The summed E-state index contributed by atoms with van der Waals surface area (Å²) < 4.78 is 5.59. The molecule has 0 aromatic carbocycles. The molecule has 5 heteroatoms. The van der Waals surface area contributed by atoms with Crippen molar-refractivity contribution in [1.82, 2.24) is 20.7 Å². The average Bonchev–Trinajstić information content (AvgIpc) is 2.67. The third-order valence-electron chi connectivity index (χ3n) is 3.29. The summed E-state index contributed by atoms with van der Waals surface area (Å²) in [7, 11) is 0. The van der Waals surface area contributed by atoms with Gasteiger partial charge in [-0.05, 0) is 30.8 Å². The Morgan fingerprint density at radius 1 is 1.43 bits per heavy atom. The Morgan fingerprint density at radius 3 is 3.00 bits per heavy atom. The largest absolute Gasteiger partial charge is 0.375 e. The molecule has 0 bridgehead atoms. The highest BCUT2D eigenvalue weighted by Crippen LogP contribution is 2.48. The van der Waals surface area contributed by atoms with Crippen molar-refractivity contribution in [2.45, 2.75) is 6.61 Å². The van der Waals surface area contributed by atoms with E-state index in [1.165, 1.54) is 13.1 Å². The number of ether oxygens (including phenoxy) is 1. The molecule has 1 aromatic heterocycles. The number of fused-ring (bicyclic) bond motifs is 1. The van der Waals surface area contributed by atoms with E-state index in [0.29, 0.717) is 6.61 Å². The van der Waals surface area contributed by atoms with Crippen molar-refractivity contribution >= 4 is 0 Å². The molecule has 2 unspecified atom stereocenters. The number of rotatable bonds is 4. The fourth-order valence-corrected chi connectivity index (χ4v) is 2.39. The smallest absolute Gasteiger partial charge is 0.108 e. The van der Waals surface area contributed by atoms with Crippen LogP contribution in [0.3, 0.4) is 0 Å². The Kier molecular flexibility index (Phi) is 1.99. The van der Waals surface area contributed by atoms with Crippen molar-refractivity contribution in [3.63, 3.8) is 0 Å². The molecular formula is C9H14N4O. The molecule has 2 atom stereocenters. The van der Waals surface area contributed by atoms with Gasteiger partial charge in [0.15, 0.2) is 0 Å². The standard InChI is InChI=1S/C9H14N4O/c1-6(12-13-11-1)4-14-5-9-7-2-10-3-8(7)9/h1,7-10H,2-5H2,(H,11,12,13). The van der Waals surface area contributed by atoms with E-state index in [2.05, 4.69) is 20.7 Å². The molecule has 1 saturated carbocycles. The summed E-state index contributed by atoms with van der Waals surface area (Å²) in [6.45, 7) is 3.83. The molecule has 0 radical (unpaired) electrons. The molecule has 1 aliphatic heterocycles. The number of hydrogen-bond acceptors (Lipinski definition) is 4. The van der Waals surface area contributed by atoms with E-state index >= 15 is 0 Å². The van der Waals surface area contributed by atoms with Crippen LogP contribution in [0.15, 0.2) is 6.20 Å². The zero-order valence-electron chi connectivity index (χ0n) is 7.94. The SMILES string of the molecule is c1n[nH]nc1COCC1C2CNCC21. The molecule has 14 heavy (non-hydrogen) atoms. The monoisotopic (exact) mass is 194 g/mol. The lowest BCUT2D eigenvalue weighted by Gasteiger charge is -2.04. The van der Waals surface area contributed by atoms with E-state index in [9.17, 15) is 0 Å². The molecule has 1 aliphatic carbocycles. The predicted octanol–water partition coefficient (Wildman–Crippen LogP) is -0.213. The van der Waals surface area contributed by atoms with Crippen molar-refractivity contribution in [2.75, 3.05) is 19.7 Å². The number of hydrogen-bond donors (Lipinski definition) is 2. The molecule has 2 aliphatic rings. The van der Waals surface area contributed by atoms with E-state index in [4.69, 9.17) is 4.74 Å². The molecule has 76 valence electrons. The Morgan fingerprint density at radius 2 is 2.29 bits per heavy atom. The zero-order valence-corrected chi connectivity index (χ0v) is 7.94. The number of nitrogens with zero attached hydrogens (tertiary/aromatic N) is 2. The minimum atomic E-state index is 0.583. The minimum absolute atomic E-state index is 0.583. The molecule has 1 aromatic rings. The minimum Gasteiger partial charge on any atom is -0.375 e. The fourth-order valence-electron chi connectivity index (χ4n) is 2.39. The van der Waals surface area contributed by atoms with Crippen LogP contribution in [-0.4, -0.2) is 35.1 Å². The fraction of sp³-hybridized carbons (Fsp3) is 0.778. The summed E-state index contributed by atoms with van der Waals surface area (Å²) in [5, 5.41) is 13.6. The van der Waals surface area contributed by atoms with Gasteiger partial charge in [-0.3, -0.25) is 0 Å². The summed E-state index contributed by atoms with van der Waals surface area (Å²) >= 11 is 0. The van der Waals surface area contributed by atoms with Crippen molar-refractivity contribution in [3.8, 4) is 0 Å². The van der Waals surface area contributed by atoms with Crippen LogP contribution in [0.25, 0.3) is 0 Å². The van der Waals surface area contributed by atoms with Gasteiger partial charge in [-0.2, -0.15) is 15.4 Å².